The van der Waals surface area contributed by atoms with Crippen LogP contribution in [0.5, 0.6) is 0 Å². The van der Waals surface area contributed by atoms with Crippen LogP contribution in [0, 0.1) is 5.41 Å². The zero-order chi connectivity index (χ0) is 20.8. The molecule has 4 heterocycles. The van der Waals surface area contributed by atoms with Crippen LogP contribution >= 0.6 is 34.5 Å². The first-order chi connectivity index (χ1) is 13.8. The van der Waals surface area contributed by atoms with Gasteiger partial charge in [-0.2, -0.15) is 4.31 Å². The topological polar surface area (TPSA) is 113 Å². The van der Waals surface area contributed by atoms with Crippen LogP contribution in [0.4, 0.5) is 5.82 Å². The van der Waals surface area contributed by atoms with Gasteiger partial charge in [0.25, 0.3) is 5.91 Å². The van der Waals surface area contributed by atoms with Crippen molar-refractivity contribution in [1.29, 1.82) is 5.41 Å². The molecule has 2 aromatic rings. The summed E-state index contributed by atoms with van der Waals surface area (Å²) in [6.45, 7) is 0.675. The molecule has 2 saturated heterocycles. The SMILES string of the molecule is CN1C(=N)NC2(c3sc(C(=O)Nc4cccc(Cl)n4)cc3Cl)COCCC2[S+]1[O-]. The van der Waals surface area contributed by atoms with Crippen LogP contribution < -0.4 is 10.6 Å². The number of hydrogen-bond donors (Lipinski definition) is 3. The second-order valence-electron chi connectivity index (χ2n) is 6.64. The van der Waals surface area contributed by atoms with Gasteiger partial charge in [-0.25, -0.2) is 4.98 Å². The van der Waals surface area contributed by atoms with Gasteiger partial charge < -0.3 is 19.9 Å². The molecule has 154 valence electrons. The number of thiophene rings is 1. The zero-order valence-corrected chi connectivity index (χ0v) is 18.3. The molecule has 0 spiro atoms. The van der Waals surface area contributed by atoms with Crippen molar-refractivity contribution < 1.29 is 14.1 Å². The van der Waals surface area contributed by atoms with Gasteiger partial charge in [-0.15, -0.1) is 11.3 Å². The van der Waals surface area contributed by atoms with Crippen molar-refractivity contribution in [3.8, 4) is 0 Å². The Bertz CT molecular complexity index is 974. The van der Waals surface area contributed by atoms with Crippen molar-refractivity contribution in [3.05, 3.63) is 44.2 Å². The number of ether oxygens (including phenoxy) is 1. The maximum atomic E-state index is 12.9. The van der Waals surface area contributed by atoms with E-state index in [0.29, 0.717) is 33.6 Å². The fourth-order valence-corrected chi connectivity index (χ4v) is 6.75. The quantitative estimate of drug-likeness (QED) is 0.466. The van der Waals surface area contributed by atoms with E-state index in [-0.39, 0.29) is 28.9 Å². The molecule has 3 N–H and O–H groups in total. The van der Waals surface area contributed by atoms with E-state index in [2.05, 4.69) is 15.6 Å². The summed E-state index contributed by atoms with van der Waals surface area (Å²) in [5.74, 6) is -0.0405. The second kappa shape index (κ2) is 7.93. The van der Waals surface area contributed by atoms with E-state index in [1.165, 1.54) is 15.6 Å². The number of hydrogen-bond acceptors (Lipinski definition) is 6. The Hall–Kier alpha value is -1.56. The molecule has 3 atom stereocenters. The number of carbonyl (C=O) groups excluding carboxylic acids is 1. The first-order valence-electron chi connectivity index (χ1n) is 8.64. The molecule has 2 fully saturated rings. The van der Waals surface area contributed by atoms with E-state index in [1.54, 1.807) is 31.3 Å². The Morgan fingerprint density at radius 2 is 2.34 bits per heavy atom. The molecule has 0 radical (unpaired) electrons. The Morgan fingerprint density at radius 3 is 3.10 bits per heavy atom. The molecule has 2 aromatic heterocycles. The Balaban J connectivity index is 1.67. The molecule has 2 aliphatic heterocycles. The molecule has 12 heteroatoms. The molecule has 1 amide bonds. The van der Waals surface area contributed by atoms with E-state index >= 15 is 0 Å². The average Bonchev–Trinajstić information content (AvgIpc) is 3.09. The van der Waals surface area contributed by atoms with E-state index in [9.17, 15) is 9.35 Å². The van der Waals surface area contributed by atoms with Crippen molar-refractivity contribution in [3.63, 3.8) is 0 Å². The fourth-order valence-electron chi connectivity index (χ4n) is 3.43. The number of nitrogens with one attached hydrogen (secondary N) is 3. The van der Waals surface area contributed by atoms with Crippen LogP contribution in [0.2, 0.25) is 10.2 Å². The zero-order valence-electron chi connectivity index (χ0n) is 15.2. The number of halogens is 2. The third-order valence-electron chi connectivity index (χ3n) is 4.85. The highest BCUT2D eigenvalue weighted by Gasteiger charge is 2.58. The van der Waals surface area contributed by atoms with E-state index in [1.807, 2.05) is 0 Å². The molecule has 0 aromatic carbocycles. The van der Waals surface area contributed by atoms with Gasteiger partial charge in [-0.1, -0.05) is 29.3 Å². The number of amides is 1. The van der Waals surface area contributed by atoms with Crippen molar-refractivity contribution in [2.75, 3.05) is 25.6 Å². The number of fused-ring (bicyclic) bond motifs is 1. The summed E-state index contributed by atoms with van der Waals surface area (Å²) in [5, 5.41) is 14.3. The third-order valence-corrected chi connectivity index (χ3v) is 8.63. The molecule has 8 nitrogen and oxygen atoms in total. The van der Waals surface area contributed by atoms with Crippen molar-refractivity contribution >= 4 is 63.6 Å². The first kappa shape index (κ1) is 20.7. The van der Waals surface area contributed by atoms with Crippen LogP contribution in [-0.4, -0.2) is 51.2 Å². The number of aromatic nitrogens is 1. The van der Waals surface area contributed by atoms with Crippen LogP contribution in [0.25, 0.3) is 0 Å². The molecule has 3 unspecified atom stereocenters. The summed E-state index contributed by atoms with van der Waals surface area (Å²) < 4.78 is 20.0. The summed E-state index contributed by atoms with van der Waals surface area (Å²) >= 11 is 12.1. The lowest BCUT2D eigenvalue weighted by Crippen LogP contribution is -2.70. The number of nitrogens with zero attached hydrogens (tertiary/aromatic N) is 2. The number of anilines is 1. The second-order valence-corrected chi connectivity index (χ2v) is 10.2. The largest absolute Gasteiger partial charge is 0.593 e. The molecule has 4 rings (SSSR count). The normalized spacial score (nSPS) is 26.6. The van der Waals surface area contributed by atoms with Gasteiger partial charge in [0.05, 0.1) is 46.4 Å². The number of carbonyl (C=O) groups is 1. The summed E-state index contributed by atoms with van der Waals surface area (Å²) in [5.41, 5.74) is -0.929. The Labute approximate surface area is 184 Å². The minimum Gasteiger partial charge on any atom is -0.593 e. The highest BCUT2D eigenvalue weighted by Crippen LogP contribution is 2.45. The molecule has 29 heavy (non-hydrogen) atoms. The smallest absolute Gasteiger partial charge is 0.266 e. The monoisotopic (exact) mass is 473 g/mol. The molecule has 2 aliphatic rings. The van der Waals surface area contributed by atoms with Gasteiger partial charge in [0, 0.05) is 6.42 Å². The maximum Gasteiger partial charge on any atom is 0.266 e. The van der Waals surface area contributed by atoms with E-state index in [0.717, 1.165) is 0 Å². The van der Waals surface area contributed by atoms with Gasteiger partial charge in [0.2, 0.25) is 5.96 Å². The van der Waals surface area contributed by atoms with Crippen molar-refractivity contribution in [2.45, 2.75) is 17.2 Å². The Kier molecular flexibility index (Phi) is 5.66. The predicted molar refractivity (Wildman–Crippen MR) is 114 cm³/mol. The molecule has 0 saturated carbocycles. The number of pyridine rings is 1. The summed E-state index contributed by atoms with van der Waals surface area (Å²) in [6.07, 6.45) is 0.541. The Morgan fingerprint density at radius 1 is 1.55 bits per heavy atom. The third kappa shape index (κ3) is 3.69. The summed E-state index contributed by atoms with van der Waals surface area (Å²) in [6, 6.07) is 6.49. The van der Waals surface area contributed by atoms with Crippen LogP contribution in [0.1, 0.15) is 21.0 Å². The van der Waals surface area contributed by atoms with Gasteiger partial charge in [0.15, 0.2) is 5.25 Å². The fraction of sp³-hybridized carbons (Fsp3) is 0.353. The van der Waals surface area contributed by atoms with E-state index in [4.69, 9.17) is 33.3 Å². The van der Waals surface area contributed by atoms with Crippen molar-refractivity contribution in [2.24, 2.45) is 0 Å². The summed E-state index contributed by atoms with van der Waals surface area (Å²) in [4.78, 5) is 17.7. The van der Waals surface area contributed by atoms with Gasteiger partial charge >= 0.3 is 0 Å². The standard InChI is InChI=1S/C17H17Cl2N5O3S2/c1-24-16(20)23-17(8-27-6-5-11(17)29(24)26)14-9(18)7-10(28-14)15(25)22-13-4-2-3-12(19)21-13/h2-4,7,11H,5-6,8H2,1H3,(H2,20,23)(H,21,22,25). The van der Waals surface area contributed by atoms with Crippen LogP contribution in [0.3, 0.4) is 0 Å². The van der Waals surface area contributed by atoms with Gasteiger partial charge in [-0.05, 0) is 18.2 Å². The summed E-state index contributed by atoms with van der Waals surface area (Å²) in [7, 11) is 1.61. The number of rotatable bonds is 3. The van der Waals surface area contributed by atoms with Gasteiger partial charge in [0.1, 0.15) is 16.5 Å². The average molecular weight is 474 g/mol. The van der Waals surface area contributed by atoms with E-state index < -0.39 is 16.9 Å². The van der Waals surface area contributed by atoms with Crippen LogP contribution in [0.15, 0.2) is 24.3 Å². The highest BCUT2D eigenvalue weighted by molar-refractivity contribution is 7.90. The molecule has 0 bridgehead atoms. The predicted octanol–water partition coefficient (Wildman–Crippen LogP) is 2.82. The number of guanidine groups is 1. The minimum atomic E-state index is -1.43. The lowest BCUT2D eigenvalue weighted by atomic mass is 9.89. The first-order valence-corrected chi connectivity index (χ1v) is 11.4. The highest BCUT2D eigenvalue weighted by atomic mass is 35.5. The van der Waals surface area contributed by atoms with Gasteiger partial charge in [-0.3, -0.25) is 10.2 Å². The maximum absolute atomic E-state index is 12.9. The van der Waals surface area contributed by atoms with Crippen LogP contribution in [-0.2, 0) is 21.6 Å². The molecule has 0 aliphatic carbocycles. The lowest BCUT2D eigenvalue weighted by molar-refractivity contribution is 0.0268. The minimum absolute atomic E-state index is 0.0173. The van der Waals surface area contributed by atoms with Crippen molar-refractivity contribution in [1.82, 2.24) is 14.6 Å². The molecular formula is C17H17Cl2N5O3S2. The lowest BCUT2D eigenvalue weighted by Gasteiger charge is -2.49. The molecular weight excluding hydrogens is 457 g/mol.